The minimum Gasteiger partial charge on any atom is -0.272 e. The maximum Gasteiger partial charge on any atom is 0.416 e. The van der Waals surface area contributed by atoms with Crippen molar-refractivity contribution in [2.45, 2.75) is 12.6 Å². The molecule has 22 heavy (non-hydrogen) atoms. The fourth-order valence-corrected chi connectivity index (χ4v) is 2.14. The smallest absolute Gasteiger partial charge is 0.272 e. The van der Waals surface area contributed by atoms with Gasteiger partial charge in [-0.15, -0.1) is 0 Å². The molecule has 112 valence electrons. The fourth-order valence-electron chi connectivity index (χ4n) is 2.14. The lowest BCUT2D eigenvalue weighted by atomic mass is 10.1. The predicted molar refractivity (Wildman–Crippen MR) is 74.3 cm³/mol. The number of anilines is 1. The summed E-state index contributed by atoms with van der Waals surface area (Å²) in [6.07, 6.45) is -1.29. The van der Waals surface area contributed by atoms with Gasteiger partial charge in [0.15, 0.2) is 0 Å². The molecule has 0 fully saturated rings. The summed E-state index contributed by atoms with van der Waals surface area (Å²) in [5.41, 5.74) is 0.433. The number of hydrazone groups is 1. The van der Waals surface area contributed by atoms with Crippen LogP contribution in [0.1, 0.15) is 17.5 Å². The van der Waals surface area contributed by atoms with Crippen LogP contribution in [0.5, 0.6) is 0 Å². The van der Waals surface area contributed by atoms with E-state index in [4.69, 9.17) is 0 Å². The Balaban J connectivity index is 1.95. The second-order valence-corrected chi connectivity index (χ2v) is 4.72. The first kappa shape index (κ1) is 14.2. The predicted octanol–water partition coefficient (Wildman–Crippen LogP) is 3.24. The van der Waals surface area contributed by atoms with Gasteiger partial charge in [0.1, 0.15) is 0 Å². The van der Waals surface area contributed by atoms with Crippen LogP contribution in [-0.2, 0) is 11.0 Å². The Hall–Kier alpha value is -2.70. The van der Waals surface area contributed by atoms with Crippen molar-refractivity contribution in [3.8, 4) is 0 Å². The summed E-state index contributed by atoms with van der Waals surface area (Å²) < 4.78 is 38.2. The van der Waals surface area contributed by atoms with Gasteiger partial charge in [-0.2, -0.15) is 18.3 Å². The van der Waals surface area contributed by atoms with Gasteiger partial charge in [0.2, 0.25) is 0 Å². The summed E-state index contributed by atoms with van der Waals surface area (Å²) in [5, 5.41) is 5.12. The highest BCUT2D eigenvalue weighted by Gasteiger charge is 2.32. The summed E-state index contributed by atoms with van der Waals surface area (Å²) in [4.78, 5) is 16.0. The number of carbonyl (C=O) groups excluding carboxylic acids is 1. The molecule has 2 aromatic rings. The third-order valence-electron chi connectivity index (χ3n) is 3.19. The van der Waals surface area contributed by atoms with Crippen molar-refractivity contribution in [2.75, 3.05) is 5.01 Å². The first-order chi connectivity index (χ1) is 10.4. The molecule has 0 N–H and O–H groups in total. The average Bonchev–Trinajstić information content (AvgIpc) is 2.89. The van der Waals surface area contributed by atoms with Crippen LogP contribution in [-0.4, -0.2) is 16.6 Å². The van der Waals surface area contributed by atoms with E-state index >= 15 is 0 Å². The molecule has 3 rings (SSSR count). The lowest BCUT2D eigenvalue weighted by molar-refractivity contribution is -0.137. The average molecular weight is 305 g/mol. The molecule has 0 aliphatic carbocycles. The van der Waals surface area contributed by atoms with Crippen molar-refractivity contribution in [1.29, 1.82) is 0 Å². The number of carbonyl (C=O) groups is 1. The van der Waals surface area contributed by atoms with E-state index in [0.717, 1.165) is 17.1 Å². The molecule has 0 saturated heterocycles. The molecule has 0 spiro atoms. The maximum absolute atomic E-state index is 12.7. The molecule has 1 amide bonds. The molecular formula is C15H10F3N3O. The fraction of sp³-hybridized carbons (Fsp3) is 0.133. The molecule has 0 radical (unpaired) electrons. The quantitative estimate of drug-likeness (QED) is 0.855. The molecule has 1 aliphatic rings. The normalized spacial score (nSPS) is 15.1. The molecule has 2 heterocycles. The Morgan fingerprint density at radius 3 is 2.64 bits per heavy atom. The van der Waals surface area contributed by atoms with E-state index in [1.807, 2.05) is 0 Å². The van der Waals surface area contributed by atoms with E-state index in [1.165, 1.54) is 12.1 Å². The summed E-state index contributed by atoms with van der Waals surface area (Å²) in [6, 6.07) is 7.99. The Kier molecular flexibility index (Phi) is 3.40. The minimum atomic E-state index is -4.46. The number of benzene rings is 1. The second kappa shape index (κ2) is 5.25. The largest absolute Gasteiger partial charge is 0.416 e. The molecule has 7 heteroatoms. The van der Waals surface area contributed by atoms with Crippen LogP contribution in [0.25, 0.3) is 0 Å². The van der Waals surface area contributed by atoms with Crippen molar-refractivity contribution in [2.24, 2.45) is 5.10 Å². The topological polar surface area (TPSA) is 45.6 Å². The highest BCUT2D eigenvalue weighted by Crippen LogP contribution is 2.32. The van der Waals surface area contributed by atoms with Gasteiger partial charge in [0, 0.05) is 18.0 Å². The molecule has 1 aliphatic heterocycles. The highest BCUT2D eigenvalue weighted by molar-refractivity contribution is 6.19. The van der Waals surface area contributed by atoms with Gasteiger partial charge in [-0.25, -0.2) is 5.01 Å². The van der Waals surface area contributed by atoms with E-state index < -0.39 is 11.7 Å². The first-order valence-corrected chi connectivity index (χ1v) is 6.43. The van der Waals surface area contributed by atoms with E-state index in [9.17, 15) is 18.0 Å². The van der Waals surface area contributed by atoms with Crippen LogP contribution in [0.4, 0.5) is 18.9 Å². The molecule has 1 aromatic carbocycles. The monoisotopic (exact) mass is 305 g/mol. The number of rotatable bonds is 2. The summed E-state index contributed by atoms with van der Waals surface area (Å²) in [7, 11) is 0. The first-order valence-electron chi connectivity index (χ1n) is 6.43. The number of hydrogen-bond donors (Lipinski definition) is 0. The standard InChI is InChI=1S/C15H10F3N3O/c16-15(17,18)11-4-1-5-12(7-11)21-14(22)8-13(20-21)10-3-2-6-19-9-10/h1-7,9H,8H2. The van der Waals surface area contributed by atoms with Crippen LogP contribution < -0.4 is 5.01 Å². The van der Waals surface area contributed by atoms with Crippen molar-refractivity contribution in [1.82, 2.24) is 4.98 Å². The van der Waals surface area contributed by atoms with Gasteiger partial charge in [-0.05, 0) is 30.3 Å². The number of halogens is 3. The van der Waals surface area contributed by atoms with Crippen molar-refractivity contribution >= 4 is 17.3 Å². The van der Waals surface area contributed by atoms with Gasteiger partial charge >= 0.3 is 6.18 Å². The van der Waals surface area contributed by atoms with Gasteiger partial charge < -0.3 is 0 Å². The van der Waals surface area contributed by atoms with Gasteiger partial charge in [0.05, 0.1) is 23.4 Å². The highest BCUT2D eigenvalue weighted by atomic mass is 19.4. The Morgan fingerprint density at radius 1 is 1.14 bits per heavy atom. The molecular weight excluding hydrogens is 295 g/mol. The van der Waals surface area contributed by atoms with Crippen LogP contribution >= 0.6 is 0 Å². The number of hydrogen-bond acceptors (Lipinski definition) is 3. The zero-order valence-corrected chi connectivity index (χ0v) is 11.2. The maximum atomic E-state index is 12.7. The number of aromatic nitrogens is 1. The van der Waals surface area contributed by atoms with Crippen LogP contribution in [0.15, 0.2) is 53.9 Å². The third-order valence-corrected chi connectivity index (χ3v) is 3.19. The van der Waals surface area contributed by atoms with E-state index in [2.05, 4.69) is 10.1 Å². The Morgan fingerprint density at radius 2 is 1.95 bits per heavy atom. The number of pyridine rings is 1. The number of amides is 1. The molecule has 4 nitrogen and oxygen atoms in total. The number of nitrogens with zero attached hydrogens (tertiary/aromatic N) is 3. The summed E-state index contributed by atoms with van der Waals surface area (Å²) >= 11 is 0. The molecule has 0 atom stereocenters. The third kappa shape index (κ3) is 2.69. The van der Waals surface area contributed by atoms with Gasteiger partial charge in [-0.1, -0.05) is 6.07 Å². The van der Waals surface area contributed by atoms with E-state index in [-0.39, 0.29) is 18.0 Å². The zero-order valence-electron chi connectivity index (χ0n) is 11.2. The van der Waals surface area contributed by atoms with Crippen molar-refractivity contribution in [3.05, 3.63) is 59.9 Å². The summed E-state index contributed by atoms with van der Waals surface area (Å²) in [5.74, 6) is -0.377. The molecule has 0 bridgehead atoms. The van der Waals surface area contributed by atoms with Gasteiger partial charge in [0.25, 0.3) is 5.91 Å². The molecule has 0 saturated carbocycles. The summed E-state index contributed by atoms with van der Waals surface area (Å²) in [6.45, 7) is 0. The van der Waals surface area contributed by atoms with Gasteiger partial charge in [-0.3, -0.25) is 9.78 Å². The molecule has 0 unspecified atom stereocenters. The number of alkyl halides is 3. The van der Waals surface area contributed by atoms with Crippen molar-refractivity contribution < 1.29 is 18.0 Å². The lowest BCUT2D eigenvalue weighted by Gasteiger charge is -2.14. The lowest BCUT2D eigenvalue weighted by Crippen LogP contribution is -2.20. The SMILES string of the molecule is O=C1CC(c2cccnc2)=NN1c1cccc(C(F)(F)F)c1. The van der Waals surface area contributed by atoms with E-state index in [1.54, 1.807) is 24.5 Å². The van der Waals surface area contributed by atoms with Crippen LogP contribution in [0, 0.1) is 0 Å². The Bertz CT molecular complexity index is 741. The second-order valence-electron chi connectivity index (χ2n) is 4.72. The van der Waals surface area contributed by atoms with Crippen LogP contribution in [0.2, 0.25) is 0 Å². The molecule has 1 aromatic heterocycles. The van der Waals surface area contributed by atoms with Crippen molar-refractivity contribution in [3.63, 3.8) is 0 Å². The zero-order chi connectivity index (χ0) is 15.7. The van der Waals surface area contributed by atoms with E-state index in [0.29, 0.717) is 11.3 Å². The minimum absolute atomic E-state index is 0.0297. The Labute approximate surface area is 123 Å². The van der Waals surface area contributed by atoms with Crippen LogP contribution in [0.3, 0.4) is 0 Å².